The van der Waals surface area contributed by atoms with Crippen LogP contribution in [0.5, 0.6) is 23.0 Å². The van der Waals surface area contributed by atoms with E-state index in [0.717, 1.165) is 0 Å². The van der Waals surface area contributed by atoms with Crippen LogP contribution in [0.3, 0.4) is 0 Å². The zero-order valence-corrected chi connectivity index (χ0v) is 20.3. The van der Waals surface area contributed by atoms with Crippen LogP contribution in [0.4, 0.5) is 0 Å². The molecule has 0 aliphatic carbocycles. The molecule has 7 atom stereocenters. The van der Waals surface area contributed by atoms with Gasteiger partial charge >= 0.3 is 0 Å². The molecular weight excluding hydrogens is 488 g/mol. The van der Waals surface area contributed by atoms with Crippen molar-refractivity contribution >= 4 is 5.78 Å². The van der Waals surface area contributed by atoms with E-state index >= 15 is 0 Å². The lowest BCUT2D eigenvalue weighted by Gasteiger charge is -2.43. The van der Waals surface area contributed by atoms with Crippen LogP contribution in [-0.2, 0) is 15.9 Å². The van der Waals surface area contributed by atoms with Crippen molar-refractivity contribution in [3.05, 3.63) is 47.0 Å². The summed E-state index contributed by atoms with van der Waals surface area (Å²) in [6.45, 7) is 3.16. The number of rotatable bonds is 4. The molecule has 3 aliphatic rings. The Balaban J connectivity index is 1.57. The van der Waals surface area contributed by atoms with E-state index in [9.17, 15) is 35.4 Å². The summed E-state index contributed by atoms with van der Waals surface area (Å²) in [5, 5.41) is 60.9. The molecule has 11 heteroatoms. The maximum atomic E-state index is 13.8. The molecule has 2 aromatic rings. The van der Waals surface area contributed by atoms with E-state index in [1.54, 1.807) is 0 Å². The fourth-order valence-corrected chi connectivity index (χ4v) is 4.97. The third-order valence-electron chi connectivity index (χ3n) is 7.06. The number of fused-ring (bicyclic) bond motifs is 3. The highest BCUT2D eigenvalue weighted by Crippen LogP contribution is 2.49. The molecule has 11 nitrogen and oxygen atoms in total. The summed E-state index contributed by atoms with van der Waals surface area (Å²) >= 11 is 0. The third-order valence-corrected chi connectivity index (χ3v) is 7.06. The molecule has 0 spiro atoms. The first-order valence-electron chi connectivity index (χ1n) is 12.0. The first kappa shape index (κ1) is 25.7. The Labute approximate surface area is 212 Å². The minimum atomic E-state index is -1.75. The molecule has 0 saturated carbocycles. The number of Topliss-reactive ketones (excluding diaryl/α,β-unsaturated/α-hetero) is 1. The Kier molecular flexibility index (Phi) is 6.55. The van der Waals surface area contributed by atoms with Crippen molar-refractivity contribution in [2.75, 3.05) is 6.61 Å². The van der Waals surface area contributed by atoms with Gasteiger partial charge in [-0.3, -0.25) is 4.79 Å². The van der Waals surface area contributed by atoms with Crippen molar-refractivity contribution in [2.45, 2.75) is 75.2 Å². The Bertz CT molecular complexity index is 1180. The summed E-state index contributed by atoms with van der Waals surface area (Å²) in [5.74, 6) is -0.493. The first-order chi connectivity index (χ1) is 17.5. The summed E-state index contributed by atoms with van der Waals surface area (Å²) < 4.78 is 23.6. The van der Waals surface area contributed by atoms with Crippen LogP contribution < -0.4 is 9.47 Å². The number of hydrogen-bond donors (Lipinski definition) is 6. The van der Waals surface area contributed by atoms with Gasteiger partial charge in [-0.15, -0.1) is 0 Å². The zero-order valence-electron chi connectivity index (χ0n) is 20.3. The van der Waals surface area contributed by atoms with Gasteiger partial charge in [-0.05, 0) is 44.4 Å². The molecule has 0 radical (unpaired) electrons. The smallest absolute Gasteiger partial charge is 0.203 e. The number of aliphatic hydroxyl groups is 4. The molecule has 6 N–H and O–H groups in total. The van der Waals surface area contributed by atoms with Crippen LogP contribution in [-0.4, -0.2) is 85.4 Å². The van der Waals surface area contributed by atoms with Crippen molar-refractivity contribution in [1.29, 1.82) is 0 Å². The zero-order chi connectivity index (χ0) is 26.6. The fourth-order valence-electron chi connectivity index (χ4n) is 4.97. The van der Waals surface area contributed by atoms with Gasteiger partial charge in [0.25, 0.3) is 0 Å². The SMILES string of the molecule is CC1(C)CCc2c(cc(O)c3c2O[C@H](c2ccc(O)cc2)[C@@H](O[C@@H]2O[C@@H](CO)[C@H](O)[C@H](O)[C@@H]2O)C3=O)O1. The maximum absolute atomic E-state index is 13.8. The Morgan fingerprint density at radius 2 is 1.76 bits per heavy atom. The average Bonchev–Trinajstić information content (AvgIpc) is 2.85. The lowest BCUT2D eigenvalue weighted by atomic mass is 9.87. The summed E-state index contributed by atoms with van der Waals surface area (Å²) in [4.78, 5) is 13.8. The van der Waals surface area contributed by atoms with Gasteiger partial charge in [-0.1, -0.05) is 12.1 Å². The molecule has 5 rings (SSSR count). The largest absolute Gasteiger partial charge is 0.508 e. The van der Waals surface area contributed by atoms with Crippen molar-refractivity contribution in [1.82, 2.24) is 0 Å². The lowest BCUT2D eigenvalue weighted by molar-refractivity contribution is -0.311. The number of aliphatic hydroxyl groups excluding tert-OH is 4. The van der Waals surface area contributed by atoms with Gasteiger partial charge in [0.05, 0.1) is 6.61 Å². The minimum absolute atomic E-state index is 0.0108. The monoisotopic (exact) mass is 518 g/mol. The van der Waals surface area contributed by atoms with Gasteiger partial charge in [-0.25, -0.2) is 0 Å². The number of ether oxygens (including phenoxy) is 4. The summed E-state index contributed by atoms with van der Waals surface area (Å²) in [6.07, 6.45) is -9.33. The second kappa shape index (κ2) is 9.43. The Morgan fingerprint density at radius 3 is 2.43 bits per heavy atom. The van der Waals surface area contributed by atoms with E-state index in [-0.39, 0.29) is 22.8 Å². The van der Waals surface area contributed by atoms with Crippen LogP contribution in [0.15, 0.2) is 30.3 Å². The van der Waals surface area contributed by atoms with Gasteiger partial charge in [0.1, 0.15) is 58.6 Å². The van der Waals surface area contributed by atoms with Gasteiger partial charge in [0.15, 0.2) is 18.5 Å². The summed E-state index contributed by atoms with van der Waals surface area (Å²) in [6, 6.07) is 7.26. The molecule has 3 aliphatic heterocycles. The van der Waals surface area contributed by atoms with Gasteiger partial charge < -0.3 is 49.6 Å². The predicted octanol–water partition coefficient (Wildman–Crippen LogP) is 0.703. The van der Waals surface area contributed by atoms with Crippen molar-refractivity contribution in [2.24, 2.45) is 0 Å². The number of carbonyl (C=O) groups is 1. The molecule has 37 heavy (non-hydrogen) atoms. The number of hydrogen-bond acceptors (Lipinski definition) is 11. The molecule has 0 bridgehead atoms. The molecule has 1 fully saturated rings. The standard InChI is InChI=1S/C26H30O11/c1-26(2)8-7-13-15(37-26)9-14(29)17-19(31)24(22(35-23(13)17)11-3-5-12(28)6-4-11)36-25-21(33)20(32)18(30)16(10-27)34-25/h3-6,9,16,18,20-22,24-25,27-30,32-33H,7-8,10H2,1-2H3/t16-,18-,20-,21-,22+,24-,25-/m0/s1. The number of phenolic OH excluding ortho intramolecular Hbond substituents is 2. The van der Waals surface area contributed by atoms with Crippen LogP contribution in [0.1, 0.15) is 47.9 Å². The van der Waals surface area contributed by atoms with Crippen LogP contribution in [0.2, 0.25) is 0 Å². The van der Waals surface area contributed by atoms with E-state index in [1.165, 1.54) is 30.3 Å². The molecule has 200 valence electrons. The Morgan fingerprint density at radius 1 is 1.05 bits per heavy atom. The van der Waals surface area contributed by atoms with Crippen molar-refractivity contribution < 1.29 is 54.4 Å². The molecule has 2 aromatic carbocycles. The minimum Gasteiger partial charge on any atom is -0.508 e. The van der Waals surface area contributed by atoms with Crippen molar-refractivity contribution in [3.8, 4) is 23.0 Å². The normalized spacial score (nSPS) is 32.6. The van der Waals surface area contributed by atoms with Crippen LogP contribution >= 0.6 is 0 Å². The van der Waals surface area contributed by atoms with E-state index < -0.39 is 60.9 Å². The van der Waals surface area contributed by atoms with E-state index in [2.05, 4.69) is 0 Å². The van der Waals surface area contributed by atoms with E-state index in [4.69, 9.17) is 18.9 Å². The molecule has 0 aromatic heterocycles. The van der Waals surface area contributed by atoms with Crippen LogP contribution in [0.25, 0.3) is 0 Å². The average molecular weight is 519 g/mol. The highest BCUT2D eigenvalue weighted by molar-refractivity contribution is 6.06. The van der Waals surface area contributed by atoms with Crippen molar-refractivity contribution in [3.63, 3.8) is 0 Å². The van der Waals surface area contributed by atoms with Gasteiger partial charge in [-0.2, -0.15) is 0 Å². The highest BCUT2D eigenvalue weighted by atomic mass is 16.7. The quantitative estimate of drug-likeness (QED) is 0.336. The number of carbonyl (C=O) groups excluding carboxylic acids is 1. The number of phenols is 2. The summed E-state index contributed by atoms with van der Waals surface area (Å²) in [5.41, 5.74) is 0.472. The molecule has 3 heterocycles. The predicted molar refractivity (Wildman–Crippen MR) is 126 cm³/mol. The van der Waals surface area contributed by atoms with E-state index in [1.807, 2.05) is 13.8 Å². The second-order valence-corrected chi connectivity index (χ2v) is 10.2. The topological polar surface area (TPSA) is 175 Å². The second-order valence-electron chi connectivity index (χ2n) is 10.2. The first-order valence-corrected chi connectivity index (χ1v) is 12.0. The highest BCUT2D eigenvalue weighted by Gasteiger charge is 2.50. The molecule has 1 saturated heterocycles. The molecule has 0 amide bonds. The third kappa shape index (κ3) is 4.52. The number of benzene rings is 2. The Hall–Kier alpha value is -2.93. The number of ketones is 1. The maximum Gasteiger partial charge on any atom is 0.203 e. The lowest BCUT2D eigenvalue weighted by Crippen LogP contribution is -2.60. The van der Waals surface area contributed by atoms with E-state index in [0.29, 0.717) is 29.7 Å². The van der Waals surface area contributed by atoms with Crippen LogP contribution in [0, 0.1) is 0 Å². The van der Waals surface area contributed by atoms with Gasteiger partial charge in [0, 0.05) is 11.6 Å². The van der Waals surface area contributed by atoms with Gasteiger partial charge in [0.2, 0.25) is 5.78 Å². The fraction of sp³-hybridized carbons (Fsp3) is 0.500. The molecule has 0 unspecified atom stereocenters. The number of aromatic hydroxyl groups is 2. The molecular formula is C26H30O11. The summed E-state index contributed by atoms with van der Waals surface area (Å²) in [7, 11) is 0.